The van der Waals surface area contributed by atoms with Crippen molar-refractivity contribution in [2.24, 2.45) is 5.10 Å². The van der Waals surface area contributed by atoms with E-state index in [1.807, 2.05) is 32.1 Å². The van der Waals surface area contributed by atoms with E-state index in [0.29, 0.717) is 22.5 Å². The van der Waals surface area contributed by atoms with E-state index in [0.717, 1.165) is 4.88 Å². The van der Waals surface area contributed by atoms with Crippen LogP contribution in [0.2, 0.25) is 0 Å². The molecule has 0 unspecified atom stereocenters. The summed E-state index contributed by atoms with van der Waals surface area (Å²) >= 11 is 1.63. The van der Waals surface area contributed by atoms with E-state index in [4.69, 9.17) is 0 Å². The number of benzene rings is 1. The smallest absolute Gasteiger partial charge is 0.337 e. The first-order chi connectivity index (χ1) is 11.5. The summed E-state index contributed by atoms with van der Waals surface area (Å²) in [4.78, 5) is 26.4. The molecule has 6 heteroatoms. The summed E-state index contributed by atoms with van der Waals surface area (Å²) in [6.45, 7) is 3.84. The lowest BCUT2D eigenvalue weighted by Gasteiger charge is -2.12. The van der Waals surface area contributed by atoms with Gasteiger partial charge in [0.25, 0.3) is 5.91 Å². The van der Waals surface area contributed by atoms with Crippen LogP contribution in [0, 0.1) is 6.92 Å². The number of rotatable bonds is 3. The van der Waals surface area contributed by atoms with Crippen molar-refractivity contribution in [3.8, 4) is 0 Å². The average Bonchev–Trinajstić information content (AvgIpc) is 3.12. The van der Waals surface area contributed by atoms with Gasteiger partial charge in [0.1, 0.15) is 0 Å². The minimum atomic E-state index is -0.414. The number of anilines is 1. The zero-order valence-corrected chi connectivity index (χ0v) is 14.4. The van der Waals surface area contributed by atoms with Crippen LogP contribution in [0.3, 0.4) is 0 Å². The third-order valence-electron chi connectivity index (χ3n) is 3.64. The van der Waals surface area contributed by atoms with Gasteiger partial charge in [0, 0.05) is 9.75 Å². The third-order valence-corrected chi connectivity index (χ3v) is 4.59. The number of hydrazone groups is 1. The monoisotopic (exact) mass is 340 g/mol. The largest absolute Gasteiger partial charge is 0.465 e. The normalized spacial score (nSPS) is 15.8. The summed E-state index contributed by atoms with van der Waals surface area (Å²) in [7, 11) is 1.33. The lowest BCUT2D eigenvalue weighted by atomic mass is 10.1. The van der Waals surface area contributed by atoms with Gasteiger partial charge < -0.3 is 4.74 Å². The number of esters is 1. The summed E-state index contributed by atoms with van der Waals surface area (Å²) in [5.74, 6) is -0.591. The lowest BCUT2D eigenvalue weighted by molar-refractivity contribution is -0.114. The van der Waals surface area contributed by atoms with Gasteiger partial charge in [-0.3, -0.25) is 4.79 Å². The maximum Gasteiger partial charge on any atom is 0.337 e. The summed E-state index contributed by atoms with van der Waals surface area (Å²) in [6.07, 6.45) is 1.86. The fourth-order valence-corrected chi connectivity index (χ4v) is 3.21. The summed E-state index contributed by atoms with van der Waals surface area (Å²) < 4.78 is 4.67. The molecule has 24 heavy (non-hydrogen) atoms. The van der Waals surface area contributed by atoms with Crippen molar-refractivity contribution in [1.29, 1.82) is 0 Å². The quantitative estimate of drug-likeness (QED) is 0.633. The summed E-state index contributed by atoms with van der Waals surface area (Å²) in [6, 6.07) is 10.6. The molecular weight excluding hydrogens is 324 g/mol. The summed E-state index contributed by atoms with van der Waals surface area (Å²) in [5.41, 5.74) is 2.29. The topological polar surface area (TPSA) is 59.0 Å². The average molecular weight is 340 g/mol. The first kappa shape index (κ1) is 16.1. The second-order valence-corrected chi connectivity index (χ2v) is 6.67. The second-order valence-electron chi connectivity index (χ2n) is 5.35. The van der Waals surface area contributed by atoms with Gasteiger partial charge in [-0.2, -0.15) is 10.1 Å². The van der Waals surface area contributed by atoms with Gasteiger partial charge in [-0.05, 0) is 56.3 Å². The van der Waals surface area contributed by atoms with E-state index >= 15 is 0 Å². The zero-order valence-electron chi connectivity index (χ0n) is 13.6. The summed E-state index contributed by atoms with van der Waals surface area (Å²) in [5, 5.41) is 5.69. The van der Waals surface area contributed by atoms with E-state index in [2.05, 4.69) is 9.84 Å². The Hall–Kier alpha value is -2.73. The highest BCUT2D eigenvalue weighted by molar-refractivity contribution is 7.12. The van der Waals surface area contributed by atoms with Crippen molar-refractivity contribution in [1.82, 2.24) is 0 Å². The van der Waals surface area contributed by atoms with Crippen molar-refractivity contribution >= 4 is 40.7 Å². The van der Waals surface area contributed by atoms with Crippen molar-refractivity contribution in [2.45, 2.75) is 13.8 Å². The Bertz CT molecular complexity index is 863. The molecule has 0 N–H and O–H groups in total. The molecule has 1 aliphatic heterocycles. The van der Waals surface area contributed by atoms with Crippen LogP contribution in [0.25, 0.3) is 6.08 Å². The zero-order chi connectivity index (χ0) is 17.3. The number of carbonyl (C=O) groups excluding carboxylic acids is 2. The Labute approximate surface area is 143 Å². The molecule has 122 valence electrons. The molecule has 1 aromatic heterocycles. The molecule has 0 atom stereocenters. The minimum absolute atomic E-state index is 0.177. The van der Waals surface area contributed by atoms with Crippen molar-refractivity contribution in [2.75, 3.05) is 12.1 Å². The van der Waals surface area contributed by atoms with Crippen LogP contribution in [0.15, 0.2) is 47.1 Å². The Balaban J connectivity index is 1.87. The number of hydrogen-bond donors (Lipinski definition) is 0. The molecule has 5 nitrogen and oxygen atoms in total. The fraction of sp³-hybridized carbons (Fsp3) is 0.167. The van der Waals surface area contributed by atoms with E-state index < -0.39 is 5.97 Å². The highest BCUT2D eigenvalue weighted by Crippen LogP contribution is 2.27. The third kappa shape index (κ3) is 3.00. The van der Waals surface area contributed by atoms with E-state index in [-0.39, 0.29) is 5.91 Å². The molecule has 1 aromatic carbocycles. The number of carbonyl (C=O) groups is 2. The first-order valence-corrected chi connectivity index (χ1v) is 8.18. The maximum atomic E-state index is 12.7. The van der Waals surface area contributed by atoms with Crippen LogP contribution in [0.4, 0.5) is 5.69 Å². The van der Waals surface area contributed by atoms with Crippen LogP contribution in [0.5, 0.6) is 0 Å². The van der Waals surface area contributed by atoms with Crippen LogP contribution >= 0.6 is 11.3 Å². The maximum absolute atomic E-state index is 12.7. The number of aryl methyl sites for hydroxylation is 1. The molecule has 0 bridgehead atoms. The Kier molecular flexibility index (Phi) is 4.31. The molecule has 0 spiro atoms. The molecule has 2 aromatic rings. The highest BCUT2D eigenvalue weighted by Gasteiger charge is 2.28. The van der Waals surface area contributed by atoms with Gasteiger partial charge >= 0.3 is 5.97 Å². The van der Waals surface area contributed by atoms with Gasteiger partial charge in [0.05, 0.1) is 29.6 Å². The number of amides is 1. The van der Waals surface area contributed by atoms with E-state index in [9.17, 15) is 9.59 Å². The molecule has 0 saturated heterocycles. The predicted octanol–water partition coefficient (Wildman–Crippen LogP) is 3.65. The van der Waals surface area contributed by atoms with Crippen LogP contribution in [-0.4, -0.2) is 24.7 Å². The fourth-order valence-electron chi connectivity index (χ4n) is 2.39. The van der Waals surface area contributed by atoms with Crippen LogP contribution in [-0.2, 0) is 9.53 Å². The van der Waals surface area contributed by atoms with Gasteiger partial charge in [-0.1, -0.05) is 0 Å². The number of hydrogen-bond acceptors (Lipinski definition) is 5. The molecule has 0 aliphatic carbocycles. The van der Waals surface area contributed by atoms with Crippen molar-refractivity contribution < 1.29 is 14.3 Å². The van der Waals surface area contributed by atoms with Crippen LogP contribution < -0.4 is 5.01 Å². The minimum Gasteiger partial charge on any atom is -0.465 e. The lowest BCUT2D eigenvalue weighted by Crippen LogP contribution is -2.21. The standard InChI is InChI=1S/C18H16N2O3S/c1-11-4-9-15(24-11)10-16-12(2)19-20(17(16)21)14-7-5-13(6-8-14)18(22)23-3/h4-10H,1-3H3/b16-10-. The van der Waals surface area contributed by atoms with Crippen molar-refractivity contribution in [3.05, 3.63) is 57.3 Å². The van der Waals surface area contributed by atoms with Crippen LogP contribution in [0.1, 0.15) is 27.0 Å². The van der Waals surface area contributed by atoms with Gasteiger partial charge in [-0.15, -0.1) is 11.3 Å². The molecule has 1 aliphatic rings. The second kappa shape index (κ2) is 6.41. The number of methoxy groups -OCH3 is 1. The molecule has 3 rings (SSSR count). The molecule has 0 saturated carbocycles. The number of ether oxygens (including phenoxy) is 1. The SMILES string of the molecule is COC(=O)c1ccc(N2N=C(C)/C(=C/c3ccc(C)s3)C2=O)cc1. The molecule has 2 heterocycles. The highest BCUT2D eigenvalue weighted by atomic mass is 32.1. The van der Waals surface area contributed by atoms with Gasteiger partial charge in [0.15, 0.2) is 0 Å². The number of thiophene rings is 1. The van der Waals surface area contributed by atoms with Gasteiger partial charge in [-0.25, -0.2) is 4.79 Å². The van der Waals surface area contributed by atoms with Gasteiger partial charge in [0.2, 0.25) is 0 Å². The predicted molar refractivity (Wildman–Crippen MR) is 95.4 cm³/mol. The molecule has 1 amide bonds. The number of nitrogens with zero attached hydrogens (tertiary/aromatic N) is 2. The first-order valence-electron chi connectivity index (χ1n) is 7.36. The molecule has 0 radical (unpaired) electrons. The van der Waals surface area contributed by atoms with Crippen molar-refractivity contribution in [3.63, 3.8) is 0 Å². The van der Waals surface area contributed by atoms with E-state index in [1.165, 1.54) is 17.0 Å². The Morgan fingerprint density at radius 2 is 1.88 bits per heavy atom. The Morgan fingerprint density at radius 3 is 2.46 bits per heavy atom. The van der Waals surface area contributed by atoms with E-state index in [1.54, 1.807) is 35.6 Å². The molecule has 0 fully saturated rings. The Morgan fingerprint density at radius 1 is 1.17 bits per heavy atom. The molecular formula is C18H16N2O3S.